The molecule has 0 radical (unpaired) electrons. The Balaban J connectivity index is 1.32. The lowest BCUT2D eigenvalue weighted by atomic mass is 9.79. The molecule has 236 valence electrons. The normalized spacial score (nSPS) is 13.3. The third-order valence-corrected chi connectivity index (χ3v) is 11.8. The van der Waals surface area contributed by atoms with Crippen LogP contribution >= 0.6 is 22.6 Å². The van der Waals surface area contributed by atoms with Crippen molar-refractivity contribution in [2.45, 2.75) is 19.3 Å². The Morgan fingerprint density at radius 3 is 1.16 bits per heavy atom. The summed E-state index contributed by atoms with van der Waals surface area (Å²) in [6.45, 7) is 4.76. The minimum Gasteiger partial charge on any atom is -0.0622 e. The van der Waals surface area contributed by atoms with E-state index in [0.717, 1.165) is 0 Å². The highest BCUT2D eigenvalue weighted by atomic mass is 127. The Kier molecular flexibility index (Phi) is 6.60. The van der Waals surface area contributed by atoms with E-state index < -0.39 is 0 Å². The minimum absolute atomic E-state index is 0.0776. The Morgan fingerprint density at radius 1 is 0.340 bits per heavy atom. The van der Waals surface area contributed by atoms with Crippen molar-refractivity contribution in [1.29, 1.82) is 0 Å². The molecular formula is C49H33I. The first-order chi connectivity index (χ1) is 24.5. The van der Waals surface area contributed by atoms with Crippen molar-refractivity contribution in [1.82, 2.24) is 0 Å². The van der Waals surface area contributed by atoms with Crippen molar-refractivity contribution < 1.29 is 0 Å². The number of rotatable bonds is 3. The highest BCUT2D eigenvalue weighted by molar-refractivity contribution is 14.1. The monoisotopic (exact) mass is 748 g/mol. The molecule has 9 aromatic rings. The summed E-state index contributed by atoms with van der Waals surface area (Å²) < 4.78 is 1.28. The zero-order valence-electron chi connectivity index (χ0n) is 28.0. The van der Waals surface area contributed by atoms with Gasteiger partial charge in [0.25, 0.3) is 0 Å². The highest BCUT2D eigenvalue weighted by Gasteiger charge is 2.36. The van der Waals surface area contributed by atoms with Crippen molar-refractivity contribution in [2.24, 2.45) is 0 Å². The van der Waals surface area contributed by atoms with Crippen LogP contribution in [0.15, 0.2) is 164 Å². The van der Waals surface area contributed by atoms with E-state index in [9.17, 15) is 0 Å². The zero-order chi connectivity index (χ0) is 33.6. The number of benzene rings is 9. The first kappa shape index (κ1) is 29.6. The molecule has 50 heavy (non-hydrogen) atoms. The molecule has 10 rings (SSSR count). The second-order valence-electron chi connectivity index (χ2n) is 14.1. The summed E-state index contributed by atoms with van der Waals surface area (Å²) in [6.07, 6.45) is 0. The van der Waals surface area contributed by atoms with Gasteiger partial charge in [-0.2, -0.15) is 0 Å². The first-order valence-electron chi connectivity index (χ1n) is 17.4. The van der Waals surface area contributed by atoms with Crippen molar-refractivity contribution >= 4 is 65.7 Å². The van der Waals surface area contributed by atoms with E-state index >= 15 is 0 Å². The number of hydrogen-bond acceptors (Lipinski definition) is 0. The van der Waals surface area contributed by atoms with Gasteiger partial charge in [0.1, 0.15) is 0 Å². The highest BCUT2D eigenvalue weighted by Crippen LogP contribution is 2.53. The smallest absolute Gasteiger partial charge is 0.0159 e. The van der Waals surface area contributed by atoms with Gasteiger partial charge in [-0.1, -0.05) is 159 Å². The molecule has 0 unspecified atom stereocenters. The molecule has 1 heteroatoms. The SMILES string of the molecule is CC1(C)c2cc(I)ccc2-c2ccc(-c3c4ccccc4c(-c4c5ccccc5c(-c5ccccc5)c5ccccc45)c4ccccc34)cc21. The molecule has 0 saturated heterocycles. The van der Waals surface area contributed by atoms with Gasteiger partial charge in [-0.05, 0) is 140 Å². The lowest BCUT2D eigenvalue weighted by Gasteiger charge is -2.24. The van der Waals surface area contributed by atoms with Crippen LogP contribution < -0.4 is 0 Å². The predicted molar refractivity (Wildman–Crippen MR) is 223 cm³/mol. The predicted octanol–water partition coefficient (Wildman–Crippen LogP) is 14.2. The molecular weight excluding hydrogens is 715 g/mol. The Morgan fingerprint density at radius 2 is 0.700 bits per heavy atom. The van der Waals surface area contributed by atoms with Crippen molar-refractivity contribution in [3.8, 4) is 44.5 Å². The molecule has 0 nitrogen and oxygen atoms in total. The third-order valence-electron chi connectivity index (χ3n) is 11.1. The average molecular weight is 749 g/mol. The summed E-state index contributed by atoms with van der Waals surface area (Å²) in [6, 6.07) is 61.1. The van der Waals surface area contributed by atoms with Crippen LogP contribution in [-0.4, -0.2) is 0 Å². The van der Waals surface area contributed by atoms with Gasteiger partial charge in [-0.15, -0.1) is 0 Å². The number of halogens is 1. The molecule has 0 N–H and O–H groups in total. The van der Waals surface area contributed by atoms with Crippen LogP contribution in [0.1, 0.15) is 25.0 Å². The largest absolute Gasteiger partial charge is 0.0622 e. The van der Waals surface area contributed by atoms with Gasteiger partial charge >= 0.3 is 0 Å². The molecule has 0 atom stereocenters. The van der Waals surface area contributed by atoms with Gasteiger partial charge in [0.05, 0.1) is 0 Å². The van der Waals surface area contributed by atoms with Crippen molar-refractivity contribution in [3.05, 3.63) is 178 Å². The van der Waals surface area contributed by atoms with E-state index in [1.165, 1.54) is 102 Å². The Bertz CT molecular complexity index is 2730. The van der Waals surface area contributed by atoms with Gasteiger partial charge in [0.2, 0.25) is 0 Å². The van der Waals surface area contributed by atoms with Crippen LogP contribution in [0.3, 0.4) is 0 Å². The fourth-order valence-corrected chi connectivity index (χ4v) is 9.38. The van der Waals surface area contributed by atoms with Crippen LogP contribution in [0.5, 0.6) is 0 Å². The zero-order valence-corrected chi connectivity index (χ0v) is 30.1. The quantitative estimate of drug-likeness (QED) is 0.125. The van der Waals surface area contributed by atoms with E-state index in [1.54, 1.807) is 0 Å². The molecule has 0 spiro atoms. The maximum absolute atomic E-state index is 2.48. The van der Waals surface area contributed by atoms with Crippen LogP contribution in [0.25, 0.3) is 87.6 Å². The molecule has 1 aliphatic carbocycles. The van der Waals surface area contributed by atoms with E-state index in [4.69, 9.17) is 0 Å². The number of hydrogen-bond donors (Lipinski definition) is 0. The first-order valence-corrected chi connectivity index (χ1v) is 18.5. The lowest BCUT2D eigenvalue weighted by Crippen LogP contribution is -2.15. The molecule has 0 heterocycles. The maximum Gasteiger partial charge on any atom is 0.0159 e. The number of fused-ring (bicyclic) bond motifs is 7. The van der Waals surface area contributed by atoms with E-state index in [2.05, 4.69) is 200 Å². The summed E-state index contributed by atoms with van der Waals surface area (Å²) in [5.74, 6) is 0. The second kappa shape index (κ2) is 11.1. The third kappa shape index (κ3) is 4.23. The summed E-state index contributed by atoms with van der Waals surface area (Å²) in [5.41, 5.74) is 13.2. The van der Waals surface area contributed by atoms with E-state index in [-0.39, 0.29) is 5.41 Å². The van der Waals surface area contributed by atoms with Crippen molar-refractivity contribution in [3.63, 3.8) is 0 Å². The molecule has 1 aliphatic rings. The summed E-state index contributed by atoms with van der Waals surface area (Å²) in [4.78, 5) is 0. The summed E-state index contributed by atoms with van der Waals surface area (Å²) in [7, 11) is 0. The van der Waals surface area contributed by atoms with E-state index in [0.29, 0.717) is 0 Å². The molecule has 0 aromatic heterocycles. The van der Waals surface area contributed by atoms with Gasteiger partial charge in [0, 0.05) is 8.99 Å². The molecule has 0 saturated carbocycles. The molecule has 0 aliphatic heterocycles. The minimum atomic E-state index is -0.0776. The fraction of sp³-hybridized carbons (Fsp3) is 0.0612. The summed E-state index contributed by atoms with van der Waals surface area (Å²) in [5, 5.41) is 10.2. The Labute approximate surface area is 306 Å². The average Bonchev–Trinajstić information content (AvgIpc) is 3.38. The molecule has 0 fully saturated rings. The lowest BCUT2D eigenvalue weighted by molar-refractivity contribution is 0.660. The maximum atomic E-state index is 2.48. The summed E-state index contributed by atoms with van der Waals surface area (Å²) >= 11 is 2.45. The molecule has 0 bridgehead atoms. The molecule has 0 amide bonds. The Hall–Kier alpha value is -5.25. The standard InChI is InChI=1S/C49H33I/c1-49(2)43-28-31(24-26-33(43)34-27-25-32(50)29-44(34)49)46-37-18-8-12-22-41(37)48(42-23-13-9-19-38(42)46)47-39-20-10-6-16-35(39)45(30-14-4-3-5-15-30)36-17-7-11-21-40(36)47/h3-29H,1-2H3. The topological polar surface area (TPSA) is 0 Å². The van der Waals surface area contributed by atoms with Gasteiger partial charge < -0.3 is 0 Å². The van der Waals surface area contributed by atoms with Crippen molar-refractivity contribution in [2.75, 3.05) is 0 Å². The second-order valence-corrected chi connectivity index (χ2v) is 15.4. The fourth-order valence-electron chi connectivity index (χ4n) is 8.89. The molecule has 9 aromatic carbocycles. The van der Waals surface area contributed by atoms with Gasteiger partial charge in [0.15, 0.2) is 0 Å². The van der Waals surface area contributed by atoms with Crippen LogP contribution in [0.2, 0.25) is 0 Å². The van der Waals surface area contributed by atoms with Crippen LogP contribution in [0, 0.1) is 3.57 Å². The van der Waals surface area contributed by atoms with Gasteiger partial charge in [-0.3, -0.25) is 0 Å². The van der Waals surface area contributed by atoms with E-state index in [1.807, 2.05) is 0 Å². The van der Waals surface area contributed by atoms with Crippen LogP contribution in [0.4, 0.5) is 0 Å². The van der Waals surface area contributed by atoms with Gasteiger partial charge in [-0.25, -0.2) is 0 Å². The van der Waals surface area contributed by atoms with Crippen LogP contribution in [-0.2, 0) is 5.41 Å².